The first-order valence-corrected chi connectivity index (χ1v) is 7.06. The second-order valence-corrected chi connectivity index (χ2v) is 6.70. The fraction of sp³-hybridized carbons (Fsp3) is 0.588. The van der Waals surface area contributed by atoms with Gasteiger partial charge in [0.15, 0.2) is 0 Å². The van der Waals surface area contributed by atoms with E-state index in [9.17, 15) is 4.79 Å². The minimum atomic E-state index is 0.124. The molecule has 2 atom stereocenters. The third-order valence-electron chi connectivity index (χ3n) is 4.97. The molecule has 0 spiro atoms. The van der Waals surface area contributed by atoms with Crippen LogP contribution in [-0.2, 0) is 10.2 Å². The van der Waals surface area contributed by atoms with E-state index >= 15 is 0 Å². The zero-order chi connectivity index (χ0) is 14.4. The van der Waals surface area contributed by atoms with Crippen molar-refractivity contribution in [2.24, 2.45) is 11.8 Å². The lowest BCUT2D eigenvalue weighted by molar-refractivity contribution is -0.120. The van der Waals surface area contributed by atoms with Crippen LogP contribution in [0.1, 0.15) is 57.2 Å². The van der Waals surface area contributed by atoms with Gasteiger partial charge in [-0.3, -0.25) is 4.79 Å². The highest BCUT2D eigenvalue weighted by molar-refractivity contribution is 5.55. The molecular formula is C17H24O2. The van der Waals surface area contributed by atoms with E-state index in [1.54, 1.807) is 0 Å². The van der Waals surface area contributed by atoms with E-state index in [0.717, 1.165) is 5.56 Å². The molecule has 2 heteroatoms. The van der Waals surface area contributed by atoms with Gasteiger partial charge in [0.25, 0.3) is 6.47 Å². The monoisotopic (exact) mass is 260 g/mol. The van der Waals surface area contributed by atoms with Gasteiger partial charge < -0.3 is 4.74 Å². The highest BCUT2D eigenvalue weighted by atomic mass is 16.5. The second-order valence-electron chi connectivity index (χ2n) is 6.70. The molecule has 0 aliphatic heterocycles. The van der Waals surface area contributed by atoms with Crippen molar-refractivity contribution in [1.82, 2.24) is 0 Å². The second kappa shape index (κ2) is 4.66. The van der Waals surface area contributed by atoms with Gasteiger partial charge in [0, 0.05) is 0 Å². The first kappa shape index (κ1) is 14.1. The van der Waals surface area contributed by atoms with E-state index < -0.39 is 0 Å². The molecule has 19 heavy (non-hydrogen) atoms. The summed E-state index contributed by atoms with van der Waals surface area (Å²) in [5.41, 5.74) is 3.93. The van der Waals surface area contributed by atoms with Gasteiger partial charge in [-0.05, 0) is 52.8 Å². The standard InChI is InChI=1S/C17H24O2/c1-10(2)16-12(4)17(5,6)14-8-15(19-9-18)11(3)7-13(14)16/h7-10,12,16H,1-6H3. The van der Waals surface area contributed by atoms with Gasteiger partial charge in [0.2, 0.25) is 0 Å². The Hall–Kier alpha value is -1.31. The van der Waals surface area contributed by atoms with Crippen molar-refractivity contribution in [2.75, 3.05) is 0 Å². The molecule has 0 N–H and O–H groups in total. The van der Waals surface area contributed by atoms with E-state index in [4.69, 9.17) is 4.74 Å². The van der Waals surface area contributed by atoms with Gasteiger partial charge in [-0.25, -0.2) is 0 Å². The Kier molecular flexibility index (Phi) is 3.46. The predicted molar refractivity (Wildman–Crippen MR) is 77.6 cm³/mol. The molecule has 1 aliphatic rings. The summed E-state index contributed by atoms with van der Waals surface area (Å²) in [7, 11) is 0. The van der Waals surface area contributed by atoms with Crippen LogP contribution in [0.4, 0.5) is 0 Å². The van der Waals surface area contributed by atoms with Crippen LogP contribution in [0, 0.1) is 18.8 Å². The fourth-order valence-electron chi connectivity index (χ4n) is 3.62. The molecule has 0 bridgehead atoms. The van der Waals surface area contributed by atoms with Gasteiger partial charge in [0.05, 0.1) is 0 Å². The maximum atomic E-state index is 10.6. The van der Waals surface area contributed by atoms with Gasteiger partial charge in [-0.15, -0.1) is 0 Å². The topological polar surface area (TPSA) is 26.3 Å². The van der Waals surface area contributed by atoms with E-state index in [1.165, 1.54) is 11.1 Å². The molecule has 0 saturated carbocycles. The molecule has 0 saturated heterocycles. The first-order valence-electron chi connectivity index (χ1n) is 7.06. The number of hydrogen-bond donors (Lipinski definition) is 0. The van der Waals surface area contributed by atoms with Gasteiger partial charge in [-0.2, -0.15) is 0 Å². The molecule has 0 aromatic heterocycles. The van der Waals surface area contributed by atoms with Crippen molar-refractivity contribution in [3.8, 4) is 5.75 Å². The predicted octanol–water partition coefficient (Wildman–Crippen LogP) is 4.20. The number of aryl methyl sites for hydroxylation is 1. The highest BCUT2D eigenvalue weighted by Gasteiger charge is 2.44. The van der Waals surface area contributed by atoms with Crippen molar-refractivity contribution >= 4 is 6.47 Å². The average Bonchev–Trinajstić information content (AvgIpc) is 2.49. The Labute approximate surface area is 116 Å². The Morgan fingerprint density at radius 2 is 1.95 bits per heavy atom. The highest BCUT2D eigenvalue weighted by Crippen LogP contribution is 2.54. The molecule has 1 aromatic rings. The third kappa shape index (κ3) is 2.07. The van der Waals surface area contributed by atoms with Crippen LogP contribution in [0.2, 0.25) is 0 Å². The number of carbonyl (C=O) groups excluding carboxylic acids is 1. The van der Waals surface area contributed by atoms with Crippen molar-refractivity contribution in [3.63, 3.8) is 0 Å². The minimum Gasteiger partial charge on any atom is -0.428 e. The summed E-state index contributed by atoms with van der Waals surface area (Å²) < 4.78 is 5.11. The molecule has 1 aliphatic carbocycles. The van der Waals surface area contributed by atoms with E-state index in [2.05, 4.69) is 46.8 Å². The zero-order valence-electron chi connectivity index (χ0n) is 12.8. The van der Waals surface area contributed by atoms with Gasteiger partial charge in [-0.1, -0.05) is 40.7 Å². The third-order valence-corrected chi connectivity index (χ3v) is 4.97. The van der Waals surface area contributed by atoms with Crippen molar-refractivity contribution in [2.45, 2.75) is 52.9 Å². The van der Waals surface area contributed by atoms with E-state index in [1.807, 2.05) is 6.92 Å². The lowest BCUT2D eigenvalue weighted by atomic mass is 9.74. The van der Waals surface area contributed by atoms with Crippen LogP contribution < -0.4 is 4.74 Å². The zero-order valence-corrected chi connectivity index (χ0v) is 12.8. The quantitative estimate of drug-likeness (QED) is 0.761. The normalized spacial score (nSPS) is 24.4. The number of carbonyl (C=O) groups is 1. The van der Waals surface area contributed by atoms with Crippen LogP contribution in [0.5, 0.6) is 5.75 Å². The SMILES string of the molecule is Cc1cc2c(cc1OC=O)C(C)(C)C(C)C2C(C)C. The molecule has 1 aromatic carbocycles. The Balaban J connectivity index is 2.62. The van der Waals surface area contributed by atoms with Gasteiger partial charge in [0.1, 0.15) is 5.75 Å². The lowest BCUT2D eigenvalue weighted by Crippen LogP contribution is -2.25. The Bertz CT molecular complexity index is 500. The molecule has 104 valence electrons. The Morgan fingerprint density at radius 1 is 1.32 bits per heavy atom. The summed E-state index contributed by atoms with van der Waals surface area (Å²) in [4.78, 5) is 10.6. The molecule has 2 unspecified atom stereocenters. The summed E-state index contributed by atoms with van der Waals surface area (Å²) in [6.07, 6.45) is 0. The fourth-order valence-corrected chi connectivity index (χ4v) is 3.62. The minimum absolute atomic E-state index is 0.124. The molecule has 0 heterocycles. The smallest absolute Gasteiger partial charge is 0.298 e. The van der Waals surface area contributed by atoms with E-state index in [-0.39, 0.29) is 5.41 Å². The van der Waals surface area contributed by atoms with Gasteiger partial charge >= 0.3 is 0 Å². The van der Waals surface area contributed by atoms with Crippen LogP contribution in [0.3, 0.4) is 0 Å². The number of benzene rings is 1. The lowest BCUT2D eigenvalue weighted by Gasteiger charge is -2.30. The van der Waals surface area contributed by atoms with Crippen LogP contribution in [-0.4, -0.2) is 6.47 Å². The van der Waals surface area contributed by atoms with E-state index in [0.29, 0.717) is 30.0 Å². The summed E-state index contributed by atoms with van der Waals surface area (Å²) in [5.74, 6) is 2.48. The van der Waals surface area contributed by atoms with Crippen molar-refractivity contribution in [1.29, 1.82) is 0 Å². The number of fused-ring (bicyclic) bond motifs is 1. The molecule has 2 rings (SSSR count). The number of ether oxygens (including phenoxy) is 1. The van der Waals surface area contributed by atoms with Crippen LogP contribution in [0.25, 0.3) is 0 Å². The van der Waals surface area contributed by atoms with Crippen LogP contribution >= 0.6 is 0 Å². The number of hydrogen-bond acceptors (Lipinski definition) is 2. The summed E-state index contributed by atoms with van der Waals surface area (Å²) in [5, 5.41) is 0. The molecule has 0 amide bonds. The summed E-state index contributed by atoms with van der Waals surface area (Å²) in [6.45, 7) is 14.0. The van der Waals surface area contributed by atoms with Crippen LogP contribution in [0.15, 0.2) is 12.1 Å². The summed E-state index contributed by atoms with van der Waals surface area (Å²) in [6, 6.07) is 4.28. The molecule has 2 nitrogen and oxygen atoms in total. The Morgan fingerprint density at radius 3 is 2.47 bits per heavy atom. The van der Waals surface area contributed by atoms with Crippen molar-refractivity contribution in [3.05, 3.63) is 28.8 Å². The largest absolute Gasteiger partial charge is 0.428 e. The summed E-state index contributed by atoms with van der Waals surface area (Å²) >= 11 is 0. The van der Waals surface area contributed by atoms with Crippen molar-refractivity contribution < 1.29 is 9.53 Å². The average molecular weight is 260 g/mol. The maximum absolute atomic E-state index is 10.6. The molecule has 0 fully saturated rings. The molecule has 0 radical (unpaired) electrons. The molecular weight excluding hydrogens is 236 g/mol. The maximum Gasteiger partial charge on any atom is 0.298 e. The number of rotatable bonds is 3. The first-order chi connectivity index (χ1) is 8.80.